The number of aliphatic carboxylic acids is 1. The predicted molar refractivity (Wildman–Crippen MR) is 150 cm³/mol. The van der Waals surface area contributed by atoms with Gasteiger partial charge in [0.15, 0.2) is 5.69 Å². The Balaban J connectivity index is 1.65. The lowest BCUT2D eigenvalue weighted by molar-refractivity contribution is -0.136. The van der Waals surface area contributed by atoms with E-state index in [0.717, 1.165) is 37.7 Å². The lowest BCUT2D eigenvalue weighted by atomic mass is 9.88. The van der Waals surface area contributed by atoms with Crippen molar-refractivity contribution in [2.45, 2.75) is 121 Å². The minimum absolute atomic E-state index is 0.0147. The van der Waals surface area contributed by atoms with Gasteiger partial charge in [0, 0.05) is 31.1 Å². The first-order valence-corrected chi connectivity index (χ1v) is 14.7. The molecule has 0 amide bonds. The molecule has 0 radical (unpaired) electrons. The monoisotopic (exact) mass is 524 g/mol. The van der Waals surface area contributed by atoms with E-state index in [1.807, 2.05) is 28.8 Å². The molecular weight excluding hydrogens is 480 g/mol. The molecule has 38 heavy (non-hydrogen) atoms. The van der Waals surface area contributed by atoms with Crippen LogP contribution >= 0.6 is 0 Å². The third-order valence-electron chi connectivity index (χ3n) is 8.53. The normalized spacial score (nSPS) is 22.9. The number of aromatic nitrogens is 2. The van der Waals surface area contributed by atoms with Crippen LogP contribution in [0.4, 0.5) is 0 Å². The molecule has 0 unspecified atom stereocenters. The molecule has 2 aliphatic rings. The fourth-order valence-electron chi connectivity index (χ4n) is 6.65. The Kier molecular flexibility index (Phi) is 10.3. The van der Waals surface area contributed by atoms with Crippen molar-refractivity contribution in [1.82, 2.24) is 14.5 Å². The van der Waals surface area contributed by atoms with Crippen LogP contribution in [0.5, 0.6) is 0 Å². The summed E-state index contributed by atoms with van der Waals surface area (Å²) in [4.78, 5) is 32.3. The SMILES string of the molecule is CCC[C@@H]1C[C@H](n2c(=O)c(/C(CCC(=O)O)=N/O)nc3ccccc32)CCN1C1CCCCCCCCC1. The van der Waals surface area contributed by atoms with E-state index in [1.165, 1.54) is 57.8 Å². The van der Waals surface area contributed by atoms with Crippen LogP contribution in [0.3, 0.4) is 0 Å². The Morgan fingerprint density at radius 2 is 1.68 bits per heavy atom. The number of oxime groups is 1. The summed E-state index contributed by atoms with van der Waals surface area (Å²) in [6.07, 6.45) is 15.6. The number of hydrogen-bond donors (Lipinski definition) is 2. The van der Waals surface area contributed by atoms with Crippen LogP contribution in [0, 0.1) is 0 Å². The van der Waals surface area contributed by atoms with Gasteiger partial charge in [0.25, 0.3) is 5.56 Å². The molecule has 1 saturated heterocycles. The smallest absolute Gasteiger partial charge is 0.303 e. The maximum atomic E-state index is 13.9. The van der Waals surface area contributed by atoms with Crippen molar-refractivity contribution in [3.05, 3.63) is 40.3 Å². The number of hydrogen-bond acceptors (Lipinski definition) is 6. The quantitative estimate of drug-likeness (QED) is 0.244. The number of piperidine rings is 1. The molecule has 2 fully saturated rings. The van der Waals surface area contributed by atoms with Crippen molar-refractivity contribution in [2.75, 3.05) is 6.54 Å². The fourth-order valence-corrected chi connectivity index (χ4v) is 6.65. The Morgan fingerprint density at radius 3 is 2.34 bits per heavy atom. The van der Waals surface area contributed by atoms with Crippen molar-refractivity contribution in [3.8, 4) is 0 Å². The number of likely N-dealkylation sites (tertiary alicyclic amines) is 1. The van der Waals surface area contributed by atoms with E-state index in [4.69, 9.17) is 5.11 Å². The number of nitrogens with zero attached hydrogens (tertiary/aromatic N) is 4. The minimum Gasteiger partial charge on any atom is -0.481 e. The summed E-state index contributed by atoms with van der Waals surface area (Å²) in [5.74, 6) is -1.01. The molecule has 1 aliphatic carbocycles. The largest absolute Gasteiger partial charge is 0.481 e. The van der Waals surface area contributed by atoms with Crippen LogP contribution in [-0.4, -0.2) is 55.1 Å². The Bertz CT molecular complexity index is 1150. The second-order valence-corrected chi connectivity index (χ2v) is 11.1. The third-order valence-corrected chi connectivity index (χ3v) is 8.53. The van der Waals surface area contributed by atoms with Gasteiger partial charge in [-0.2, -0.15) is 0 Å². The maximum Gasteiger partial charge on any atom is 0.303 e. The zero-order chi connectivity index (χ0) is 26.9. The van der Waals surface area contributed by atoms with E-state index in [2.05, 4.69) is 22.0 Å². The average molecular weight is 525 g/mol. The number of carboxylic acids is 1. The van der Waals surface area contributed by atoms with E-state index in [9.17, 15) is 14.8 Å². The topological polar surface area (TPSA) is 108 Å². The van der Waals surface area contributed by atoms with Gasteiger partial charge in [0.05, 0.1) is 17.5 Å². The Morgan fingerprint density at radius 1 is 1.00 bits per heavy atom. The average Bonchev–Trinajstić information content (AvgIpc) is 2.92. The van der Waals surface area contributed by atoms with Crippen molar-refractivity contribution >= 4 is 22.7 Å². The van der Waals surface area contributed by atoms with Crippen molar-refractivity contribution in [1.29, 1.82) is 0 Å². The number of carbonyl (C=O) groups is 1. The van der Waals surface area contributed by atoms with Gasteiger partial charge in [-0.1, -0.05) is 75.6 Å². The van der Waals surface area contributed by atoms with Gasteiger partial charge in [-0.25, -0.2) is 4.98 Å². The van der Waals surface area contributed by atoms with Gasteiger partial charge in [-0.3, -0.25) is 14.5 Å². The summed E-state index contributed by atoms with van der Waals surface area (Å²) in [6, 6.07) is 8.65. The highest BCUT2D eigenvalue weighted by atomic mass is 16.4. The molecule has 0 bridgehead atoms. The summed E-state index contributed by atoms with van der Waals surface area (Å²) < 4.78 is 1.86. The van der Waals surface area contributed by atoms with Gasteiger partial charge in [-0.05, 0) is 44.2 Å². The van der Waals surface area contributed by atoms with Crippen LogP contribution in [0.1, 0.15) is 115 Å². The molecule has 8 heteroatoms. The number of fused-ring (bicyclic) bond motifs is 1. The molecule has 2 heterocycles. The number of carboxylic acid groups (broad SMARTS) is 1. The van der Waals surface area contributed by atoms with E-state index < -0.39 is 5.97 Å². The van der Waals surface area contributed by atoms with Crippen LogP contribution in [0.2, 0.25) is 0 Å². The first kappa shape index (κ1) is 28.3. The van der Waals surface area contributed by atoms with Crippen molar-refractivity contribution in [3.63, 3.8) is 0 Å². The zero-order valence-electron chi connectivity index (χ0n) is 22.9. The van der Waals surface area contributed by atoms with E-state index >= 15 is 0 Å². The summed E-state index contributed by atoms with van der Waals surface area (Å²) in [5, 5.41) is 22.1. The summed E-state index contributed by atoms with van der Waals surface area (Å²) in [5.41, 5.74) is 1.22. The lowest BCUT2D eigenvalue weighted by Crippen LogP contribution is -2.50. The van der Waals surface area contributed by atoms with Crippen molar-refractivity contribution in [2.24, 2.45) is 5.16 Å². The Hall–Kier alpha value is -2.74. The maximum absolute atomic E-state index is 13.9. The van der Waals surface area contributed by atoms with Gasteiger partial charge in [0.2, 0.25) is 0 Å². The standard InChI is InChI=1S/C30H44N4O4/c1-2-12-23-21-24(19-20-33(23)22-13-8-6-4-3-5-7-9-14-22)34-27-16-11-10-15-25(27)31-29(30(34)37)26(32-38)17-18-28(35)36/h10-11,15-16,22-24,38H,2-9,12-14,17-21H2,1H3,(H,35,36)/b32-26+/t23-,24-/m1/s1. The molecule has 1 aliphatic heterocycles. The summed E-state index contributed by atoms with van der Waals surface area (Å²) >= 11 is 0. The second-order valence-electron chi connectivity index (χ2n) is 11.1. The van der Waals surface area contributed by atoms with Crippen LogP contribution < -0.4 is 5.56 Å². The summed E-state index contributed by atoms with van der Waals surface area (Å²) in [7, 11) is 0. The zero-order valence-corrected chi connectivity index (χ0v) is 22.9. The second kappa shape index (κ2) is 13.9. The molecule has 2 N–H and O–H groups in total. The fraction of sp³-hybridized carbons (Fsp3) is 0.667. The van der Waals surface area contributed by atoms with Crippen molar-refractivity contribution < 1.29 is 15.1 Å². The highest BCUT2D eigenvalue weighted by Gasteiger charge is 2.34. The van der Waals surface area contributed by atoms with E-state index in [-0.39, 0.29) is 35.8 Å². The Labute approximate surface area is 225 Å². The first-order chi connectivity index (χ1) is 18.5. The van der Waals surface area contributed by atoms with Crippen LogP contribution in [0.25, 0.3) is 11.0 Å². The number of benzene rings is 1. The molecule has 4 rings (SSSR count). The molecule has 208 valence electrons. The molecule has 2 aromatic rings. The third kappa shape index (κ3) is 6.82. The van der Waals surface area contributed by atoms with E-state index in [1.54, 1.807) is 0 Å². The lowest BCUT2D eigenvalue weighted by Gasteiger charge is -2.45. The van der Waals surface area contributed by atoms with Gasteiger partial charge < -0.3 is 14.9 Å². The predicted octanol–water partition coefficient (Wildman–Crippen LogP) is 6.14. The van der Waals surface area contributed by atoms with Gasteiger partial charge in [-0.15, -0.1) is 0 Å². The minimum atomic E-state index is -1.01. The molecule has 1 aromatic carbocycles. The summed E-state index contributed by atoms with van der Waals surface area (Å²) in [6.45, 7) is 3.21. The highest BCUT2D eigenvalue weighted by molar-refractivity contribution is 6.00. The molecule has 0 spiro atoms. The molecular formula is C30H44N4O4. The van der Waals surface area contributed by atoms with Crippen LogP contribution in [0.15, 0.2) is 34.2 Å². The molecule has 1 aromatic heterocycles. The number of rotatable bonds is 8. The highest BCUT2D eigenvalue weighted by Crippen LogP contribution is 2.34. The molecule has 2 atom stereocenters. The van der Waals surface area contributed by atoms with Gasteiger partial charge in [0.1, 0.15) is 5.71 Å². The van der Waals surface area contributed by atoms with E-state index in [0.29, 0.717) is 17.6 Å². The molecule has 8 nitrogen and oxygen atoms in total. The first-order valence-electron chi connectivity index (χ1n) is 14.7. The van der Waals surface area contributed by atoms with Gasteiger partial charge >= 0.3 is 5.97 Å². The van der Waals surface area contributed by atoms with Crippen LogP contribution in [-0.2, 0) is 4.79 Å². The molecule has 1 saturated carbocycles. The number of para-hydroxylation sites is 2.